The van der Waals surface area contributed by atoms with Crippen molar-refractivity contribution in [1.82, 2.24) is 0 Å². The van der Waals surface area contributed by atoms with Crippen LogP contribution in [0, 0.1) is 5.41 Å². The van der Waals surface area contributed by atoms with Crippen LogP contribution in [0.3, 0.4) is 0 Å². The lowest BCUT2D eigenvalue weighted by Gasteiger charge is -2.18. The summed E-state index contributed by atoms with van der Waals surface area (Å²) < 4.78 is 5.56. The molecule has 1 rings (SSSR count). The van der Waals surface area contributed by atoms with Gasteiger partial charge in [-0.1, -0.05) is 20.8 Å². The van der Waals surface area contributed by atoms with Crippen LogP contribution >= 0.6 is 15.9 Å². The average molecular weight is 328 g/mol. The Labute approximate surface area is 121 Å². The molecule has 0 atom stereocenters. The van der Waals surface area contributed by atoms with Crippen LogP contribution < -0.4 is 5.32 Å². The Hall–Kier alpha value is -1.36. The molecule has 1 aromatic rings. The summed E-state index contributed by atoms with van der Waals surface area (Å²) in [5, 5.41) is 2.81. The molecule has 4 nitrogen and oxygen atoms in total. The van der Waals surface area contributed by atoms with Crippen LogP contribution in [0.2, 0.25) is 0 Å². The van der Waals surface area contributed by atoms with Crippen LogP contribution in [0.15, 0.2) is 22.7 Å². The third-order valence-corrected chi connectivity index (χ3v) is 3.07. The highest BCUT2D eigenvalue weighted by atomic mass is 79.9. The maximum Gasteiger partial charge on any atom is 0.338 e. The maximum absolute atomic E-state index is 11.9. The summed E-state index contributed by atoms with van der Waals surface area (Å²) in [5.74, 6) is -0.464. The third kappa shape index (κ3) is 4.35. The van der Waals surface area contributed by atoms with Crippen LogP contribution in [0.1, 0.15) is 38.1 Å². The fraction of sp³-hybridized carbons (Fsp3) is 0.429. The summed E-state index contributed by atoms with van der Waals surface area (Å²) in [7, 11) is 0. The normalized spacial score (nSPS) is 11.0. The molecule has 1 amide bonds. The predicted octanol–water partition coefficient (Wildman–Crippen LogP) is 3.61. The van der Waals surface area contributed by atoms with Crippen LogP contribution in [0.25, 0.3) is 0 Å². The molecule has 0 aliphatic heterocycles. The molecule has 19 heavy (non-hydrogen) atoms. The van der Waals surface area contributed by atoms with E-state index in [1.54, 1.807) is 25.1 Å². The van der Waals surface area contributed by atoms with Crippen molar-refractivity contribution in [2.75, 3.05) is 11.9 Å². The molecule has 0 saturated heterocycles. The number of rotatable bonds is 3. The van der Waals surface area contributed by atoms with Gasteiger partial charge < -0.3 is 10.1 Å². The van der Waals surface area contributed by atoms with Gasteiger partial charge in [-0.25, -0.2) is 4.79 Å². The number of hydrogen-bond donors (Lipinski definition) is 1. The standard InChI is InChI=1S/C14H18BrNO3/c1-5-19-12(17)9-6-7-11(10(15)8-9)16-13(18)14(2,3)4/h6-8H,5H2,1-4H3,(H,16,18). The quantitative estimate of drug-likeness (QED) is 0.863. The molecule has 0 fully saturated rings. The number of nitrogens with one attached hydrogen (secondary N) is 1. The number of ether oxygens (including phenoxy) is 1. The first-order valence-corrected chi connectivity index (χ1v) is 6.83. The van der Waals surface area contributed by atoms with Crippen molar-refractivity contribution in [3.05, 3.63) is 28.2 Å². The van der Waals surface area contributed by atoms with Crippen molar-refractivity contribution in [1.29, 1.82) is 0 Å². The van der Waals surface area contributed by atoms with E-state index in [1.165, 1.54) is 0 Å². The zero-order chi connectivity index (χ0) is 14.6. The lowest BCUT2D eigenvalue weighted by molar-refractivity contribution is -0.123. The molecule has 0 heterocycles. The molecule has 0 aliphatic rings. The summed E-state index contributed by atoms with van der Waals surface area (Å²) in [6.45, 7) is 7.60. The first kappa shape index (κ1) is 15.7. The van der Waals surface area contributed by atoms with E-state index in [4.69, 9.17) is 4.74 Å². The number of anilines is 1. The van der Waals surface area contributed by atoms with Crippen molar-refractivity contribution in [3.63, 3.8) is 0 Å². The number of halogens is 1. The van der Waals surface area contributed by atoms with E-state index in [2.05, 4.69) is 21.2 Å². The summed E-state index contributed by atoms with van der Waals surface area (Å²) >= 11 is 3.34. The SMILES string of the molecule is CCOC(=O)c1ccc(NC(=O)C(C)(C)C)c(Br)c1. The smallest absolute Gasteiger partial charge is 0.338 e. The minimum Gasteiger partial charge on any atom is -0.462 e. The van der Waals surface area contributed by atoms with E-state index in [9.17, 15) is 9.59 Å². The molecule has 0 bridgehead atoms. The Morgan fingerprint density at radius 2 is 1.95 bits per heavy atom. The second-order valence-electron chi connectivity index (χ2n) is 5.12. The minimum atomic E-state index is -0.473. The van der Waals surface area contributed by atoms with Gasteiger partial charge in [-0.2, -0.15) is 0 Å². The Bertz CT molecular complexity index is 492. The topological polar surface area (TPSA) is 55.4 Å². The summed E-state index contributed by atoms with van der Waals surface area (Å²) in [6, 6.07) is 4.94. The molecule has 0 unspecified atom stereocenters. The lowest BCUT2D eigenvalue weighted by atomic mass is 9.95. The second kappa shape index (κ2) is 6.19. The van der Waals surface area contributed by atoms with Gasteiger partial charge in [0.05, 0.1) is 17.9 Å². The summed E-state index contributed by atoms with van der Waals surface area (Å²) in [5.41, 5.74) is 0.606. The number of hydrogen-bond acceptors (Lipinski definition) is 3. The van der Waals surface area contributed by atoms with Gasteiger partial charge in [0.2, 0.25) is 5.91 Å². The van der Waals surface area contributed by atoms with Crippen LogP contribution in [0.4, 0.5) is 5.69 Å². The van der Waals surface area contributed by atoms with Crippen molar-refractivity contribution in [3.8, 4) is 0 Å². The Morgan fingerprint density at radius 3 is 2.42 bits per heavy atom. The van der Waals surface area contributed by atoms with Crippen molar-refractivity contribution >= 4 is 33.5 Å². The molecule has 1 N–H and O–H groups in total. The van der Waals surface area contributed by atoms with Gasteiger partial charge >= 0.3 is 5.97 Å². The molecule has 0 radical (unpaired) electrons. The van der Waals surface area contributed by atoms with Gasteiger partial charge in [0.25, 0.3) is 0 Å². The predicted molar refractivity (Wildman–Crippen MR) is 78.2 cm³/mol. The van der Waals surface area contributed by atoms with Crippen LogP contribution in [-0.2, 0) is 9.53 Å². The molecule has 104 valence electrons. The number of amides is 1. The van der Waals surface area contributed by atoms with E-state index in [0.717, 1.165) is 0 Å². The molecule has 0 spiro atoms. The highest BCUT2D eigenvalue weighted by molar-refractivity contribution is 9.10. The molecule has 0 aliphatic carbocycles. The van der Waals surface area contributed by atoms with Crippen LogP contribution in [-0.4, -0.2) is 18.5 Å². The first-order chi connectivity index (χ1) is 8.75. The molecule has 5 heteroatoms. The highest BCUT2D eigenvalue weighted by Crippen LogP contribution is 2.26. The van der Waals surface area contributed by atoms with Gasteiger partial charge in [-0.05, 0) is 41.1 Å². The van der Waals surface area contributed by atoms with Gasteiger partial charge in [0.1, 0.15) is 0 Å². The number of esters is 1. The Balaban J connectivity index is 2.89. The minimum absolute atomic E-state index is 0.0860. The number of benzene rings is 1. The molecule has 0 saturated carbocycles. The van der Waals surface area contributed by atoms with Gasteiger partial charge in [-0.15, -0.1) is 0 Å². The molecular formula is C14H18BrNO3. The van der Waals surface area contributed by atoms with Crippen molar-refractivity contribution in [2.45, 2.75) is 27.7 Å². The zero-order valence-corrected chi connectivity index (χ0v) is 13.1. The third-order valence-electron chi connectivity index (χ3n) is 2.41. The van der Waals surface area contributed by atoms with E-state index >= 15 is 0 Å². The van der Waals surface area contributed by atoms with E-state index in [-0.39, 0.29) is 11.9 Å². The van der Waals surface area contributed by atoms with Crippen molar-refractivity contribution in [2.24, 2.45) is 5.41 Å². The zero-order valence-electron chi connectivity index (χ0n) is 11.5. The average Bonchev–Trinajstić information content (AvgIpc) is 2.30. The Morgan fingerprint density at radius 1 is 1.32 bits per heavy atom. The first-order valence-electron chi connectivity index (χ1n) is 6.04. The highest BCUT2D eigenvalue weighted by Gasteiger charge is 2.22. The second-order valence-corrected chi connectivity index (χ2v) is 5.97. The molecule has 1 aromatic carbocycles. The maximum atomic E-state index is 11.9. The van der Waals surface area contributed by atoms with Gasteiger partial charge in [0, 0.05) is 9.89 Å². The van der Waals surface area contributed by atoms with Crippen LogP contribution in [0.5, 0.6) is 0 Å². The van der Waals surface area contributed by atoms with E-state index in [0.29, 0.717) is 22.3 Å². The van der Waals surface area contributed by atoms with Gasteiger partial charge in [-0.3, -0.25) is 4.79 Å². The fourth-order valence-corrected chi connectivity index (χ4v) is 1.75. The van der Waals surface area contributed by atoms with Crippen molar-refractivity contribution < 1.29 is 14.3 Å². The monoisotopic (exact) mass is 327 g/mol. The van der Waals surface area contributed by atoms with E-state index in [1.807, 2.05) is 20.8 Å². The fourth-order valence-electron chi connectivity index (χ4n) is 1.27. The summed E-state index contributed by atoms with van der Waals surface area (Å²) in [6.07, 6.45) is 0. The number of carbonyl (C=O) groups is 2. The number of carbonyl (C=O) groups excluding carboxylic acids is 2. The summed E-state index contributed by atoms with van der Waals surface area (Å²) in [4.78, 5) is 23.4. The lowest BCUT2D eigenvalue weighted by Crippen LogP contribution is -2.27. The van der Waals surface area contributed by atoms with E-state index < -0.39 is 5.41 Å². The largest absolute Gasteiger partial charge is 0.462 e. The molecule has 0 aromatic heterocycles. The molecular weight excluding hydrogens is 310 g/mol. The Kier molecular flexibility index (Phi) is 5.11. The van der Waals surface area contributed by atoms with Gasteiger partial charge in [0.15, 0.2) is 0 Å².